The second kappa shape index (κ2) is 7.33. The van der Waals surface area contributed by atoms with E-state index in [0.717, 1.165) is 25.7 Å². The Bertz CT molecular complexity index is 272. The van der Waals surface area contributed by atoms with E-state index in [-0.39, 0.29) is 4.48 Å². The first kappa shape index (κ1) is 16.0. The minimum atomic E-state index is -0.839. The molecule has 0 saturated carbocycles. The summed E-state index contributed by atoms with van der Waals surface area (Å²) in [5, 5.41) is 18.7. The van der Waals surface area contributed by atoms with Crippen LogP contribution in [0.4, 0.5) is 0 Å². The average molecular weight is 244 g/mol. The Hall–Kier alpha value is -1.03. The van der Waals surface area contributed by atoms with Crippen LogP contribution in [0.15, 0.2) is 11.8 Å². The third-order valence-corrected chi connectivity index (χ3v) is 3.16. The first-order valence-electron chi connectivity index (χ1n) is 6.24. The van der Waals surface area contributed by atoms with E-state index in [1.807, 2.05) is 20.2 Å². The van der Waals surface area contributed by atoms with Crippen molar-refractivity contribution in [1.29, 1.82) is 0 Å². The van der Waals surface area contributed by atoms with Crippen LogP contribution in [-0.4, -0.2) is 47.3 Å². The number of carbonyl (C=O) groups is 1. The normalized spacial score (nSPS) is 14.7. The largest absolute Gasteiger partial charge is 0.507 e. The van der Waals surface area contributed by atoms with Crippen LogP contribution in [-0.2, 0) is 4.79 Å². The van der Waals surface area contributed by atoms with Crippen molar-refractivity contribution in [2.45, 2.75) is 45.6 Å². The smallest absolute Gasteiger partial charge is 0.362 e. The van der Waals surface area contributed by atoms with Crippen molar-refractivity contribution < 1.29 is 19.5 Å². The number of aliphatic carboxylic acids is 1. The molecule has 1 atom stereocenters. The summed E-state index contributed by atoms with van der Waals surface area (Å²) in [5.41, 5.74) is 0. The first-order valence-corrected chi connectivity index (χ1v) is 6.24. The predicted molar refractivity (Wildman–Crippen MR) is 68.9 cm³/mol. The van der Waals surface area contributed by atoms with E-state index in [0.29, 0.717) is 12.3 Å². The highest BCUT2D eigenvalue weighted by molar-refractivity contribution is 5.71. The van der Waals surface area contributed by atoms with Crippen LogP contribution >= 0.6 is 0 Å². The van der Waals surface area contributed by atoms with Crippen molar-refractivity contribution in [1.82, 2.24) is 0 Å². The predicted octanol–water partition coefficient (Wildman–Crippen LogP) is 2.56. The fraction of sp³-hybridized carbons (Fsp3) is 0.769. The van der Waals surface area contributed by atoms with Crippen molar-refractivity contribution in [3.8, 4) is 0 Å². The quantitative estimate of drug-likeness (QED) is 0.392. The number of quaternary nitrogens is 1. The second-order valence-electron chi connectivity index (χ2n) is 5.14. The Labute approximate surface area is 104 Å². The standard InChI is InChI=1S/C13H25NO3/c1-5-6-7-8-9-12(15)10-14(3,4)11(2)13(16)17/h9,11H,5-8,10H2,1-4H3,(H-,15,16,17)/p+1/b12-9-. The molecule has 0 aliphatic rings. The van der Waals surface area contributed by atoms with Gasteiger partial charge in [-0.15, -0.1) is 0 Å². The van der Waals surface area contributed by atoms with Crippen LogP contribution in [0.5, 0.6) is 0 Å². The van der Waals surface area contributed by atoms with Gasteiger partial charge in [0.15, 0.2) is 6.04 Å². The number of carboxylic acid groups (broad SMARTS) is 1. The van der Waals surface area contributed by atoms with Crippen LogP contribution in [0.2, 0.25) is 0 Å². The van der Waals surface area contributed by atoms with Crippen LogP contribution in [0.1, 0.15) is 39.5 Å². The molecule has 100 valence electrons. The molecule has 4 heteroatoms. The molecule has 0 rings (SSSR count). The molecule has 2 N–H and O–H groups in total. The van der Waals surface area contributed by atoms with Gasteiger partial charge in [0.2, 0.25) is 0 Å². The molecular weight excluding hydrogens is 218 g/mol. The number of aliphatic hydroxyl groups is 1. The molecule has 0 radical (unpaired) electrons. The molecule has 0 heterocycles. The molecule has 17 heavy (non-hydrogen) atoms. The van der Waals surface area contributed by atoms with Crippen LogP contribution in [0, 0.1) is 0 Å². The summed E-state index contributed by atoms with van der Waals surface area (Å²) in [6.45, 7) is 4.16. The van der Waals surface area contributed by atoms with Gasteiger partial charge in [-0.05, 0) is 25.8 Å². The zero-order valence-corrected chi connectivity index (χ0v) is 11.4. The van der Waals surface area contributed by atoms with Gasteiger partial charge in [0.05, 0.1) is 14.1 Å². The van der Waals surface area contributed by atoms with Gasteiger partial charge in [0.1, 0.15) is 12.3 Å². The summed E-state index contributed by atoms with van der Waals surface area (Å²) >= 11 is 0. The lowest BCUT2D eigenvalue weighted by atomic mass is 10.2. The van der Waals surface area contributed by atoms with E-state index >= 15 is 0 Å². The van der Waals surface area contributed by atoms with Crippen molar-refractivity contribution in [3.05, 3.63) is 11.8 Å². The first-order chi connectivity index (χ1) is 7.81. The van der Waals surface area contributed by atoms with E-state index in [9.17, 15) is 9.90 Å². The van der Waals surface area contributed by atoms with Gasteiger partial charge in [-0.3, -0.25) is 0 Å². The van der Waals surface area contributed by atoms with Gasteiger partial charge in [-0.2, -0.15) is 0 Å². The van der Waals surface area contributed by atoms with Crippen molar-refractivity contribution in [3.63, 3.8) is 0 Å². The Morgan fingerprint density at radius 2 is 1.88 bits per heavy atom. The van der Waals surface area contributed by atoms with E-state index < -0.39 is 12.0 Å². The van der Waals surface area contributed by atoms with Crippen molar-refractivity contribution in [2.24, 2.45) is 0 Å². The maximum absolute atomic E-state index is 10.9. The Kier molecular flexibility index (Phi) is 6.88. The maximum atomic E-state index is 10.9. The van der Waals surface area contributed by atoms with Crippen LogP contribution in [0.3, 0.4) is 0 Å². The van der Waals surface area contributed by atoms with Crippen molar-refractivity contribution in [2.75, 3.05) is 20.6 Å². The van der Waals surface area contributed by atoms with Gasteiger partial charge in [0.25, 0.3) is 0 Å². The summed E-state index contributed by atoms with van der Waals surface area (Å²) in [7, 11) is 3.63. The molecule has 0 aliphatic heterocycles. The molecule has 0 bridgehead atoms. The van der Waals surface area contributed by atoms with E-state index in [2.05, 4.69) is 6.92 Å². The number of unbranched alkanes of at least 4 members (excludes halogenated alkanes) is 3. The number of aliphatic hydroxyl groups excluding tert-OH is 1. The second-order valence-corrected chi connectivity index (χ2v) is 5.14. The minimum Gasteiger partial charge on any atom is -0.507 e. The third kappa shape index (κ3) is 6.31. The molecule has 0 aromatic heterocycles. The summed E-state index contributed by atoms with van der Waals surface area (Å²) < 4.78 is 0.255. The van der Waals surface area contributed by atoms with E-state index in [1.54, 1.807) is 6.92 Å². The van der Waals surface area contributed by atoms with Crippen LogP contribution in [0.25, 0.3) is 0 Å². The molecule has 0 saturated heterocycles. The fourth-order valence-corrected chi connectivity index (χ4v) is 1.58. The lowest BCUT2D eigenvalue weighted by molar-refractivity contribution is -0.901. The summed E-state index contributed by atoms with van der Waals surface area (Å²) in [6, 6.07) is -0.527. The molecule has 0 aliphatic carbocycles. The van der Waals surface area contributed by atoms with E-state index in [4.69, 9.17) is 5.11 Å². The highest BCUT2D eigenvalue weighted by atomic mass is 16.4. The highest BCUT2D eigenvalue weighted by Gasteiger charge is 2.31. The van der Waals surface area contributed by atoms with Gasteiger partial charge in [-0.25, -0.2) is 4.79 Å². The molecular formula is C13H26NO3+. The topological polar surface area (TPSA) is 57.5 Å². The zero-order valence-electron chi connectivity index (χ0n) is 11.4. The fourth-order valence-electron chi connectivity index (χ4n) is 1.58. The summed E-state index contributed by atoms with van der Waals surface area (Å²) in [6.07, 6.45) is 6.06. The molecule has 0 amide bonds. The number of nitrogens with zero attached hydrogens (tertiary/aromatic N) is 1. The molecule has 0 aromatic rings. The van der Waals surface area contributed by atoms with Gasteiger partial charge < -0.3 is 14.7 Å². The lowest BCUT2D eigenvalue weighted by Gasteiger charge is -2.33. The number of likely N-dealkylation sites (N-methyl/N-ethyl adjacent to an activating group) is 1. The minimum absolute atomic E-state index is 0.255. The summed E-state index contributed by atoms with van der Waals surface area (Å²) in [4.78, 5) is 10.9. The summed E-state index contributed by atoms with van der Waals surface area (Å²) in [5.74, 6) is -0.548. The number of hydrogen-bond acceptors (Lipinski definition) is 2. The SMILES string of the molecule is CCCCC/C=C(\O)C[N+](C)(C)C(C)C(=O)O. The van der Waals surface area contributed by atoms with E-state index in [1.165, 1.54) is 0 Å². The highest BCUT2D eigenvalue weighted by Crippen LogP contribution is 2.11. The number of allylic oxidation sites excluding steroid dienone is 1. The monoisotopic (exact) mass is 244 g/mol. The molecule has 0 fully saturated rings. The molecule has 0 aromatic carbocycles. The Balaban J connectivity index is 4.25. The van der Waals surface area contributed by atoms with Gasteiger partial charge in [0, 0.05) is 0 Å². The lowest BCUT2D eigenvalue weighted by Crippen LogP contribution is -2.52. The van der Waals surface area contributed by atoms with Gasteiger partial charge >= 0.3 is 5.97 Å². The van der Waals surface area contributed by atoms with Crippen molar-refractivity contribution >= 4 is 5.97 Å². The molecule has 4 nitrogen and oxygen atoms in total. The Morgan fingerprint density at radius 3 is 2.35 bits per heavy atom. The number of hydrogen-bond donors (Lipinski definition) is 2. The molecule has 1 unspecified atom stereocenters. The third-order valence-electron chi connectivity index (χ3n) is 3.16. The average Bonchev–Trinajstić information content (AvgIpc) is 2.22. The zero-order chi connectivity index (χ0) is 13.5. The van der Waals surface area contributed by atoms with Gasteiger partial charge in [-0.1, -0.05) is 19.8 Å². The maximum Gasteiger partial charge on any atom is 0.362 e. The Morgan fingerprint density at radius 1 is 1.29 bits per heavy atom. The molecule has 0 spiro atoms. The number of rotatable bonds is 8. The number of carboxylic acids is 1. The van der Waals surface area contributed by atoms with Crippen LogP contribution < -0.4 is 0 Å².